The molecular weight excluding hydrogens is 681 g/mol. The standard InChI is InChI=1S/C41H43Cl2N5O3/c1-4-23-18-47(19-23)32-13-11-24-15-30(45-39(50-2)35(24)32)28-9-5-7-26(37(28)42)27-8-6-10-29(38(27)43)31-16-25-12-14-33(36(25)40(46-31)51-3)48-21-41(22-48)17-34(49)44-20-41/h5-10,15-16,23,32-33H,4,11-14,17-22H2,1-3H3,(H,44,49)/t32?,33-/m0/s1. The number of aryl methyl sites for hydroxylation is 2. The summed E-state index contributed by atoms with van der Waals surface area (Å²) < 4.78 is 11.9. The maximum atomic E-state index is 11.9. The van der Waals surface area contributed by atoms with E-state index in [9.17, 15) is 4.79 Å². The first-order chi connectivity index (χ1) is 24.8. The van der Waals surface area contributed by atoms with E-state index < -0.39 is 0 Å². The highest BCUT2D eigenvalue weighted by molar-refractivity contribution is 6.39. The molecule has 1 unspecified atom stereocenters. The molecule has 5 heterocycles. The quantitative estimate of drug-likeness (QED) is 0.198. The van der Waals surface area contributed by atoms with Crippen molar-refractivity contribution in [3.63, 3.8) is 0 Å². The van der Waals surface area contributed by atoms with Crippen molar-refractivity contribution in [1.82, 2.24) is 25.1 Å². The van der Waals surface area contributed by atoms with Crippen LogP contribution in [0.4, 0.5) is 0 Å². The van der Waals surface area contributed by atoms with Crippen molar-refractivity contribution in [3.05, 3.63) is 80.8 Å². The van der Waals surface area contributed by atoms with E-state index >= 15 is 0 Å². The molecule has 1 N–H and O–H groups in total. The molecule has 9 rings (SSSR count). The third-order valence-electron chi connectivity index (χ3n) is 12.2. The minimum Gasteiger partial charge on any atom is -0.481 e. The molecule has 2 aromatic heterocycles. The zero-order valence-corrected chi connectivity index (χ0v) is 30.9. The summed E-state index contributed by atoms with van der Waals surface area (Å²) in [6.07, 6.45) is 5.88. The number of carbonyl (C=O) groups excluding carboxylic acids is 1. The van der Waals surface area contributed by atoms with Crippen LogP contribution in [0.2, 0.25) is 10.0 Å². The van der Waals surface area contributed by atoms with Gasteiger partial charge in [-0.05, 0) is 54.9 Å². The van der Waals surface area contributed by atoms with Crippen LogP contribution in [0.5, 0.6) is 11.8 Å². The summed E-state index contributed by atoms with van der Waals surface area (Å²) in [6.45, 7) is 7.18. The van der Waals surface area contributed by atoms with E-state index in [4.69, 9.17) is 42.6 Å². The predicted molar refractivity (Wildman–Crippen MR) is 201 cm³/mol. The molecule has 4 aromatic rings. The molecule has 3 aliphatic heterocycles. The van der Waals surface area contributed by atoms with Crippen LogP contribution < -0.4 is 14.8 Å². The van der Waals surface area contributed by atoms with Crippen LogP contribution in [-0.4, -0.2) is 72.6 Å². The van der Waals surface area contributed by atoms with Crippen molar-refractivity contribution < 1.29 is 14.3 Å². The van der Waals surface area contributed by atoms with Gasteiger partial charge >= 0.3 is 0 Å². The largest absolute Gasteiger partial charge is 0.481 e. The number of hydrogen-bond donors (Lipinski definition) is 1. The molecule has 1 spiro atoms. The van der Waals surface area contributed by atoms with E-state index in [0.29, 0.717) is 34.3 Å². The molecule has 2 aliphatic carbocycles. The molecular formula is C41H43Cl2N5O3. The Bertz CT molecular complexity index is 2060. The molecule has 264 valence electrons. The number of rotatable bonds is 8. The zero-order valence-electron chi connectivity index (χ0n) is 29.4. The molecule has 2 aromatic carbocycles. The lowest BCUT2D eigenvalue weighted by Crippen LogP contribution is -2.58. The van der Waals surface area contributed by atoms with Crippen LogP contribution in [-0.2, 0) is 17.6 Å². The lowest BCUT2D eigenvalue weighted by atomic mass is 9.77. The van der Waals surface area contributed by atoms with Crippen LogP contribution >= 0.6 is 23.2 Å². The molecule has 0 bridgehead atoms. The SMILES string of the molecule is CCC1CN(C2CCc3cc(-c4cccc(-c5cccc(-c6cc7c(c(OC)n6)[C@@H](N6CC8(CNC(=O)C8)C6)CC7)c5Cl)c4Cl)nc(OC)c32)C1. The highest BCUT2D eigenvalue weighted by Crippen LogP contribution is 2.50. The summed E-state index contributed by atoms with van der Waals surface area (Å²) in [5, 5.41) is 4.21. The summed E-state index contributed by atoms with van der Waals surface area (Å²) in [6, 6.07) is 17.1. The van der Waals surface area contributed by atoms with Crippen LogP contribution in [0.15, 0.2) is 48.5 Å². The van der Waals surface area contributed by atoms with E-state index in [1.54, 1.807) is 14.2 Å². The van der Waals surface area contributed by atoms with Crippen LogP contribution in [0.25, 0.3) is 33.6 Å². The molecule has 2 atom stereocenters. The Morgan fingerprint density at radius 1 is 0.804 bits per heavy atom. The Morgan fingerprint density at radius 2 is 1.31 bits per heavy atom. The van der Waals surface area contributed by atoms with Gasteiger partial charge in [0.2, 0.25) is 17.7 Å². The van der Waals surface area contributed by atoms with E-state index in [2.05, 4.69) is 34.2 Å². The van der Waals surface area contributed by atoms with Crippen molar-refractivity contribution in [3.8, 4) is 45.4 Å². The normalized spacial score (nSPS) is 22.4. The number of nitrogens with one attached hydrogen (secondary N) is 1. The van der Waals surface area contributed by atoms with Crippen LogP contribution in [0, 0.1) is 11.3 Å². The maximum Gasteiger partial charge on any atom is 0.220 e. The monoisotopic (exact) mass is 723 g/mol. The summed E-state index contributed by atoms with van der Waals surface area (Å²) in [7, 11) is 3.41. The Morgan fingerprint density at radius 3 is 1.78 bits per heavy atom. The third kappa shape index (κ3) is 5.44. The number of likely N-dealkylation sites (tertiary alicyclic amines) is 2. The summed E-state index contributed by atoms with van der Waals surface area (Å²) in [5.74, 6) is 2.30. The predicted octanol–water partition coefficient (Wildman–Crippen LogP) is 7.94. The highest BCUT2D eigenvalue weighted by Gasteiger charge is 2.51. The Hall–Kier alpha value is -3.69. The van der Waals surface area contributed by atoms with Gasteiger partial charge in [-0.2, -0.15) is 0 Å². The second-order valence-electron chi connectivity index (χ2n) is 15.2. The second kappa shape index (κ2) is 12.8. The van der Waals surface area contributed by atoms with Gasteiger partial charge in [0, 0.05) is 90.0 Å². The van der Waals surface area contributed by atoms with E-state index in [-0.39, 0.29) is 17.4 Å². The molecule has 0 saturated carbocycles. The number of methoxy groups -OCH3 is 2. The van der Waals surface area contributed by atoms with E-state index in [1.165, 1.54) is 23.1 Å². The van der Waals surface area contributed by atoms with E-state index in [1.807, 2.05) is 36.4 Å². The topological polar surface area (TPSA) is 79.8 Å². The van der Waals surface area contributed by atoms with Gasteiger partial charge in [0.15, 0.2) is 0 Å². The fraction of sp³-hybridized carbons (Fsp3) is 0.439. The van der Waals surface area contributed by atoms with Crippen molar-refractivity contribution in [2.24, 2.45) is 11.3 Å². The van der Waals surface area contributed by atoms with Crippen molar-refractivity contribution in [2.45, 2.75) is 57.5 Å². The van der Waals surface area contributed by atoms with Gasteiger partial charge in [-0.25, -0.2) is 9.97 Å². The van der Waals surface area contributed by atoms with Crippen molar-refractivity contribution >= 4 is 29.1 Å². The Labute approximate surface area is 309 Å². The summed E-state index contributed by atoms with van der Waals surface area (Å²) in [5.41, 5.74) is 9.95. The lowest BCUT2D eigenvalue weighted by molar-refractivity contribution is -0.121. The number of hydrogen-bond acceptors (Lipinski definition) is 7. The fourth-order valence-corrected chi connectivity index (χ4v) is 10.1. The maximum absolute atomic E-state index is 11.9. The highest BCUT2D eigenvalue weighted by atomic mass is 35.5. The van der Waals surface area contributed by atoms with Gasteiger partial charge in [-0.3, -0.25) is 14.6 Å². The average molecular weight is 725 g/mol. The average Bonchev–Trinajstić information content (AvgIpc) is 3.84. The van der Waals surface area contributed by atoms with Gasteiger partial charge in [-0.15, -0.1) is 0 Å². The molecule has 0 radical (unpaired) electrons. The second-order valence-corrected chi connectivity index (χ2v) is 16.0. The molecule has 3 saturated heterocycles. The molecule has 5 aliphatic rings. The number of amides is 1. The number of aromatic nitrogens is 2. The number of pyridine rings is 2. The first-order valence-electron chi connectivity index (χ1n) is 18.3. The van der Waals surface area contributed by atoms with Crippen molar-refractivity contribution in [1.29, 1.82) is 0 Å². The van der Waals surface area contributed by atoms with Gasteiger partial charge < -0.3 is 14.8 Å². The zero-order chi connectivity index (χ0) is 35.0. The summed E-state index contributed by atoms with van der Waals surface area (Å²) >= 11 is 14.5. The van der Waals surface area contributed by atoms with E-state index in [0.717, 1.165) is 104 Å². The number of halogens is 2. The minimum absolute atomic E-state index is 0.0745. The molecule has 3 fully saturated rings. The van der Waals surface area contributed by atoms with Crippen molar-refractivity contribution in [2.75, 3.05) is 46.9 Å². The molecule has 1 amide bonds. The van der Waals surface area contributed by atoms with Crippen LogP contribution in [0.1, 0.15) is 66.9 Å². The lowest BCUT2D eigenvalue weighted by Gasteiger charge is -2.50. The van der Waals surface area contributed by atoms with Crippen LogP contribution in [0.3, 0.4) is 0 Å². The number of benzene rings is 2. The minimum atomic E-state index is 0.0745. The summed E-state index contributed by atoms with van der Waals surface area (Å²) in [4.78, 5) is 27.1. The fourth-order valence-electron chi connectivity index (χ4n) is 9.49. The first kappa shape index (κ1) is 33.2. The number of carbonyl (C=O) groups is 1. The van der Waals surface area contributed by atoms with Gasteiger partial charge in [0.25, 0.3) is 0 Å². The van der Waals surface area contributed by atoms with Gasteiger partial charge in [0.05, 0.1) is 35.7 Å². The smallest absolute Gasteiger partial charge is 0.220 e. The molecule has 10 heteroatoms. The van der Waals surface area contributed by atoms with Gasteiger partial charge in [-0.1, -0.05) is 72.9 Å². The van der Waals surface area contributed by atoms with Gasteiger partial charge in [0.1, 0.15) is 0 Å². The Balaban J connectivity index is 1.02. The molecule has 8 nitrogen and oxygen atoms in total. The number of nitrogens with zero attached hydrogens (tertiary/aromatic N) is 4. The third-order valence-corrected chi connectivity index (χ3v) is 13.0. The number of ether oxygens (including phenoxy) is 2. The molecule has 51 heavy (non-hydrogen) atoms. The first-order valence-corrected chi connectivity index (χ1v) is 19.0. The number of fused-ring (bicyclic) bond motifs is 2. The Kier molecular flexibility index (Phi) is 8.30.